The van der Waals surface area contributed by atoms with Crippen LogP contribution in [0.2, 0.25) is 0 Å². The second-order valence-corrected chi connectivity index (χ2v) is 4.60. The second-order valence-electron chi connectivity index (χ2n) is 4.16. The van der Waals surface area contributed by atoms with Crippen LogP contribution in [0.4, 0.5) is 10.1 Å². The molecule has 1 fully saturated rings. The summed E-state index contributed by atoms with van der Waals surface area (Å²) in [5, 5.41) is 5.76. The molecule has 0 saturated carbocycles. The third-order valence-corrected chi connectivity index (χ3v) is 3.08. The molecule has 1 aromatic rings. The number of rotatable bonds is 3. The van der Waals surface area contributed by atoms with Crippen LogP contribution < -0.4 is 16.4 Å². The minimum Gasteiger partial charge on any atom is -0.389 e. The molecular formula is C12H14FN3OS. The van der Waals surface area contributed by atoms with Gasteiger partial charge in [-0.3, -0.25) is 4.79 Å². The summed E-state index contributed by atoms with van der Waals surface area (Å²) in [6.07, 6.45) is 1.60. The van der Waals surface area contributed by atoms with Gasteiger partial charge in [0.15, 0.2) is 0 Å². The van der Waals surface area contributed by atoms with Gasteiger partial charge in [-0.1, -0.05) is 18.3 Å². The number of piperidine rings is 1. The topological polar surface area (TPSA) is 67.2 Å². The van der Waals surface area contributed by atoms with Crippen LogP contribution in [-0.2, 0) is 4.79 Å². The van der Waals surface area contributed by atoms with E-state index in [0.717, 1.165) is 6.42 Å². The molecule has 0 radical (unpaired) electrons. The number of benzene rings is 1. The van der Waals surface area contributed by atoms with Gasteiger partial charge in [0.25, 0.3) is 0 Å². The lowest BCUT2D eigenvalue weighted by atomic mass is 10.0. The van der Waals surface area contributed by atoms with Crippen molar-refractivity contribution in [2.24, 2.45) is 5.73 Å². The van der Waals surface area contributed by atoms with Crippen LogP contribution in [0.25, 0.3) is 0 Å². The van der Waals surface area contributed by atoms with E-state index in [1.807, 2.05) is 0 Å². The third-order valence-electron chi connectivity index (χ3n) is 2.88. The van der Waals surface area contributed by atoms with Crippen molar-refractivity contribution in [2.45, 2.75) is 18.9 Å². The van der Waals surface area contributed by atoms with Crippen molar-refractivity contribution >= 4 is 28.8 Å². The van der Waals surface area contributed by atoms with Gasteiger partial charge >= 0.3 is 0 Å². The average molecular weight is 267 g/mol. The summed E-state index contributed by atoms with van der Waals surface area (Å²) in [7, 11) is 0. The summed E-state index contributed by atoms with van der Waals surface area (Å²) in [6, 6.07) is 4.15. The van der Waals surface area contributed by atoms with Gasteiger partial charge < -0.3 is 16.4 Å². The Kier molecular flexibility index (Phi) is 3.76. The van der Waals surface area contributed by atoms with Crippen LogP contribution in [-0.4, -0.2) is 23.5 Å². The van der Waals surface area contributed by atoms with E-state index >= 15 is 0 Å². The van der Waals surface area contributed by atoms with E-state index in [2.05, 4.69) is 10.6 Å². The zero-order chi connectivity index (χ0) is 13.1. The Bertz CT molecular complexity index is 492. The van der Waals surface area contributed by atoms with Crippen LogP contribution >= 0.6 is 12.2 Å². The van der Waals surface area contributed by atoms with Crippen LogP contribution in [0.3, 0.4) is 0 Å². The first-order chi connectivity index (χ1) is 8.59. The molecule has 6 heteroatoms. The van der Waals surface area contributed by atoms with Gasteiger partial charge in [-0.15, -0.1) is 0 Å². The number of amides is 1. The van der Waals surface area contributed by atoms with Crippen LogP contribution in [0, 0.1) is 5.82 Å². The summed E-state index contributed by atoms with van der Waals surface area (Å²) < 4.78 is 13.6. The standard InChI is InChI=1S/C12H14FN3OS/c13-7-3-1-4-8(10(7)11(14)18)16-9-5-2-6-15-12(9)17/h1,3-4,9,16H,2,5-6H2,(H2,14,18)(H,15,17). The first-order valence-corrected chi connectivity index (χ1v) is 6.13. The number of hydrogen-bond acceptors (Lipinski definition) is 3. The Labute approximate surface area is 110 Å². The maximum Gasteiger partial charge on any atom is 0.242 e. The molecule has 2 rings (SSSR count). The SMILES string of the molecule is NC(=S)c1c(F)cccc1NC1CCCNC1=O. The highest BCUT2D eigenvalue weighted by Crippen LogP contribution is 2.21. The highest BCUT2D eigenvalue weighted by molar-refractivity contribution is 7.80. The molecule has 96 valence electrons. The Morgan fingerprint density at radius 2 is 2.33 bits per heavy atom. The average Bonchev–Trinajstić information content (AvgIpc) is 2.31. The highest BCUT2D eigenvalue weighted by Gasteiger charge is 2.23. The van der Waals surface area contributed by atoms with Gasteiger partial charge in [0, 0.05) is 12.2 Å². The molecule has 1 aliphatic heterocycles. The lowest BCUT2D eigenvalue weighted by molar-refractivity contribution is -0.123. The molecule has 1 aromatic carbocycles. The smallest absolute Gasteiger partial charge is 0.242 e. The molecule has 1 unspecified atom stereocenters. The van der Waals surface area contributed by atoms with E-state index in [1.165, 1.54) is 6.07 Å². The number of nitrogens with one attached hydrogen (secondary N) is 2. The summed E-state index contributed by atoms with van der Waals surface area (Å²) >= 11 is 4.83. The molecule has 1 heterocycles. The first-order valence-electron chi connectivity index (χ1n) is 5.72. The molecule has 0 bridgehead atoms. The van der Waals surface area contributed by atoms with E-state index in [4.69, 9.17) is 18.0 Å². The minimum absolute atomic E-state index is 0.0215. The van der Waals surface area contributed by atoms with Crippen molar-refractivity contribution < 1.29 is 9.18 Å². The maximum absolute atomic E-state index is 13.6. The van der Waals surface area contributed by atoms with Crippen molar-refractivity contribution in [3.8, 4) is 0 Å². The largest absolute Gasteiger partial charge is 0.389 e. The Hall–Kier alpha value is -1.69. The van der Waals surface area contributed by atoms with Crippen molar-refractivity contribution in [1.82, 2.24) is 5.32 Å². The first kappa shape index (κ1) is 12.8. The summed E-state index contributed by atoms with van der Waals surface area (Å²) in [4.78, 5) is 11.6. The zero-order valence-electron chi connectivity index (χ0n) is 9.70. The third kappa shape index (κ3) is 2.59. The maximum atomic E-state index is 13.6. The lowest BCUT2D eigenvalue weighted by Crippen LogP contribution is -2.44. The fraction of sp³-hybridized carbons (Fsp3) is 0.333. The fourth-order valence-electron chi connectivity index (χ4n) is 1.99. The highest BCUT2D eigenvalue weighted by atomic mass is 32.1. The quantitative estimate of drug-likeness (QED) is 0.719. The normalized spacial score (nSPS) is 19.2. The van der Waals surface area contributed by atoms with E-state index in [-0.39, 0.29) is 22.5 Å². The Morgan fingerprint density at radius 1 is 1.56 bits per heavy atom. The van der Waals surface area contributed by atoms with Crippen LogP contribution in [0.5, 0.6) is 0 Å². The van der Waals surface area contributed by atoms with E-state index < -0.39 is 5.82 Å². The molecule has 1 amide bonds. The number of hydrogen-bond donors (Lipinski definition) is 3. The van der Waals surface area contributed by atoms with E-state index in [9.17, 15) is 9.18 Å². The molecule has 1 atom stereocenters. The second kappa shape index (κ2) is 5.30. The van der Waals surface area contributed by atoms with Gasteiger partial charge in [0.2, 0.25) is 5.91 Å². The molecule has 18 heavy (non-hydrogen) atoms. The van der Waals surface area contributed by atoms with Gasteiger partial charge in [-0.05, 0) is 25.0 Å². The molecule has 4 nitrogen and oxygen atoms in total. The number of thiocarbonyl (C=S) groups is 1. The van der Waals surface area contributed by atoms with E-state index in [1.54, 1.807) is 12.1 Å². The molecule has 0 aromatic heterocycles. The lowest BCUT2D eigenvalue weighted by Gasteiger charge is -2.24. The molecule has 0 aliphatic carbocycles. The number of carbonyl (C=O) groups is 1. The fourth-order valence-corrected chi connectivity index (χ4v) is 2.20. The van der Waals surface area contributed by atoms with Crippen molar-refractivity contribution in [1.29, 1.82) is 0 Å². The zero-order valence-corrected chi connectivity index (χ0v) is 10.5. The molecule has 4 N–H and O–H groups in total. The summed E-state index contributed by atoms with van der Waals surface area (Å²) in [5.41, 5.74) is 6.13. The predicted molar refractivity (Wildman–Crippen MR) is 71.9 cm³/mol. The molecular weight excluding hydrogens is 253 g/mol. The molecule has 1 saturated heterocycles. The monoisotopic (exact) mass is 267 g/mol. The van der Waals surface area contributed by atoms with Crippen molar-refractivity contribution in [3.05, 3.63) is 29.6 Å². The van der Waals surface area contributed by atoms with Gasteiger partial charge in [0.1, 0.15) is 16.8 Å². The van der Waals surface area contributed by atoms with Gasteiger partial charge in [-0.25, -0.2) is 4.39 Å². The number of halogens is 1. The van der Waals surface area contributed by atoms with Crippen molar-refractivity contribution in [3.63, 3.8) is 0 Å². The van der Waals surface area contributed by atoms with Crippen LogP contribution in [0.1, 0.15) is 18.4 Å². The summed E-state index contributed by atoms with van der Waals surface area (Å²) in [6.45, 7) is 0.683. The number of carbonyl (C=O) groups excluding carboxylic acids is 1. The van der Waals surface area contributed by atoms with Crippen molar-refractivity contribution in [2.75, 3.05) is 11.9 Å². The minimum atomic E-state index is -0.483. The number of nitrogens with two attached hydrogens (primary N) is 1. The van der Waals surface area contributed by atoms with E-state index in [0.29, 0.717) is 18.7 Å². The van der Waals surface area contributed by atoms with Gasteiger partial charge in [-0.2, -0.15) is 0 Å². The predicted octanol–water partition coefficient (Wildman–Crippen LogP) is 1.15. The molecule has 1 aliphatic rings. The number of anilines is 1. The molecule has 0 spiro atoms. The summed E-state index contributed by atoms with van der Waals surface area (Å²) in [5.74, 6) is -0.567. The Balaban J connectivity index is 2.25. The van der Waals surface area contributed by atoms with Gasteiger partial charge in [0.05, 0.1) is 5.56 Å². The van der Waals surface area contributed by atoms with Crippen LogP contribution in [0.15, 0.2) is 18.2 Å². The Morgan fingerprint density at radius 3 is 3.00 bits per heavy atom.